The van der Waals surface area contributed by atoms with E-state index in [0.717, 1.165) is 13.0 Å². The quantitative estimate of drug-likeness (QED) is 0.886. The molecule has 0 saturated carbocycles. The fraction of sp³-hybridized carbons (Fsp3) is 0.615. The second-order valence-electron chi connectivity index (χ2n) is 5.06. The Balaban J connectivity index is 2.19. The Morgan fingerprint density at radius 2 is 2.28 bits per heavy atom. The summed E-state index contributed by atoms with van der Waals surface area (Å²) in [5.41, 5.74) is 7.09. The summed E-state index contributed by atoms with van der Waals surface area (Å²) >= 11 is 0. The Bertz CT molecular complexity index is 439. The minimum absolute atomic E-state index is 0.0416. The van der Waals surface area contributed by atoms with Crippen molar-refractivity contribution in [2.45, 2.75) is 32.4 Å². The van der Waals surface area contributed by atoms with Crippen molar-refractivity contribution in [3.63, 3.8) is 0 Å². The number of hydrogen-bond acceptors (Lipinski definition) is 3. The number of carbonyl (C=O) groups is 1. The highest BCUT2D eigenvalue weighted by molar-refractivity contribution is 5.94. The summed E-state index contributed by atoms with van der Waals surface area (Å²) in [6, 6.07) is 1.98. The molecule has 100 valence electrons. The highest BCUT2D eigenvalue weighted by Crippen LogP contribution is 2.21. The van der Waals surface area contributed by atoms with E-state index in [1.54, 1.807) is 13.2 Å². The van der Waals surface area contributed by atoms with E-state index < -0.39 is 0 Å². The molecule has 0 spiro atoms. The van der Waals surface area contributed by atoms with Crippen LogP contribution in [-0.2, 0) is 4.74 Å². The molecule has 2 rings (SSSR count). The lowest BCUT2D eigenvalue weighted by atomic mass is 10.3. The van der Waals surface area contributed by atoms with Gasteiger partial charge >= 0.3 is 0 Å². The lowest BCUT2D eigenvalue weighted by molar-refractivity contribution is 0.0713. The molecular weight excluding hydrogens is 230 g/mol. The number of likely N-dealkylation sites (tertiary alicyclic amines) is 1. The molecule has 0 aromatic carbocycles. The van der Waals surface area contributed by atoms with E-state index >= 15 is 0 Å². The molecular formula is C13H21N3O2. The molecule has 1 aliphatic rings. The van der Waals surface area contributed by atoms with Gasteiger partial charge in [-0.3, -0.25) is 4.79 Å². The van der Waals surface area contributed by atoms with Gasteiger partial charge in [-0.15, -0.1) is 0 Å². The minimum Gasteiger partial charge on any atom is -0.397 e. The van der Waals surface area contributed by atoms with Crippen LogP contribution in [0.15, 0.2) is 12.3 Å². The van der Waals surface area contributed by atoms with E-state index in [1.807, 2.05) is 29.5 Å². The Labute approximate surface area is 108 Å². The molecule has 0 bridgehead atoms. The molecule has 1 amide bonds. The molecule has 1 aliphatic heterocycles. The van der Waals surface area contributed by atoms with E-state index in [9.17, 15) is 4.79 Å². The van der Waals surface area contributed by atoms with Gasteiger partial charge in [-0.25, -0.2) is 0 Å². The zero-order valence-corrected chi connectivity index (χ0v) is 11.2. The third kappa shape index (κ3) is 2.36. The zero-order chi connectivity index (χ0) is 13.3. The Morgan fingerprint density at radius 1 is 1.56 bits per heavy atom. The number of aromatic nitrogens is 1. The van der Waals surface area contributed by atoms with Gasteiger partial charge in [-0.1, -0.05) is 0 Å². The second-order valence-corrected chi connectivity index (χ2v) is 5.06. The molecule has 1 saturated heterocycles. The van der Waals surface area contributed by atoms with Gasteiger partial charge in [0.25, 0.3) is 5.91 Å². The van der Waals surface area contributed by atoms with Crippen LogP contribution in [0.25, 0.3) is 0 Å². The lowest BCUT2D eigenvalue weighted by Crippen LogP contribution is -2.31. The number of hydrogen-bond donors (Lipinski definition) is 1. The van der Waals surface area contributed by atoms with Gasteiger partial charge in [-0.2, -0.15) is 0 Å². The molecule has 1 unspecified atom stereocenters. The summed E-state index contributed by atoms with van der Waals surface area (Å²) < 4.78 is 7.21. The van der Waals surface area contributed by atoms with Crippen LogP contribution in [0.2, 0.25) is 0 Å². The highest BCUT2D eigenvalue weighted by Gasteiger charge is 2.28. The molecule has 1 atom stereocenters. The molecule has 2 heterocycles. The fourth-order valence-electron chi connectivity index (χ4n) is 2.37. The number of nitrogen functional groups attached to an aromatic ring is 1. The summed E-state index contributed by atoms with van der Waals surface area (Å²) in [6.07, 6.45) is 2.88. The van der Waals surface area contributed by atoms with Gasteiger partial charge in [-0.05, 0) is 26.3 Å². The van der Waals surface area contributed by atoms with Crippen LogP contribution in [0.5, 0.6) is 0 Å². The van der Waals surface area contributed by atoms with E-state index in [-0.39, 0.29) is 18.1 Å². The van der Waals surface area contributed by atoms with E-state index in [4.69, 9.17) is 10.5 Å². The number of nitrogens with two attached hydrogens (primary N) is 1. The second kappa shape index (κ2) is 5.02. The van der Waals surface area contributed by atoms with Crippen LogP contribution >= 0.6 is 0 Å². The SMILES string of the molecule is COC1CCN(C(=O)c2cc(N)cn2C(C)C)C1. The van der Waals surface area contributed by atoms with Crippen molar-refractivity contribution >= 4 is 11.6 Å². The van der Waals surface area contributed by atoms with Crippen molar-refractivity contribution in [3.05, 3.63) is 18.0 Å². The number of carbonyl (C=O) groups excluding carboxylic acids is 1. The fourth-order valence-corrected chi connectivity index (χ4v) is 2.37. The largest absolute Gasteiger partial charge is 0.397 e. The summed E-state index contributed by atoms with van der Waals surface area (Å²) in [5, 5.41) is 0. The summed E-state index contributed by atoms with van der Waals surface area (Å²) in [6.45, 7) is 5.50. The van der Waals surface area contributed by atoms with Crippen molar-refractivity contribution in [2.24, 2.45) is 0 Å². The average molecular weight is 251 g/mol. The van der Waals surface area contributed by atoms with E-state index in [0.29, 0.717) is 17.9 Å². The first-order chi connectivity index (χ1) is 8.52. The molecule has 1 aromatic heterocycles. The highest BCUT2D eigenvalue weighted by atomic mass is 16.5. The summed E-state index contributed by atoms with van der Waals surface area (Å²) in [4.78, 5) is 14.3. The van der Waals surface area contributed by atoms with Crippen LogP contribution in [0, 0.1) is 0 Å². The number of rotatable bonds is 3. The lowest BCUT2D eigenvalue weighted by Gasteiger charge is -2.19. The average Bonchev–Trinajstić information content (AvgIpc) is 2.94. The maximum absolute atomic E-state index is 12.4. The van der Waals surface area contributed by atoms with Crippen molar-refractivity contribution in [1.82, 2.24) is 9.47 Å². The van der Waals surface area contributed by atoms with Crippen LogP contribution in [0.1, 0.15) is 36.8 Å². The molecule has 0 radical (unpaired) electrons. The van der Waals surface area contributed by atoms with Crippen molar-refractivity contribution in [2.75, 3.05) is 25.9 Å². The molecule has 5 nitrogen and oxygen atoms in total. The van der Waals surface area contributed by atoms with Gasteiger partial charge in [0.1, 0.15) is 5.69 Å². The standard InChI is InChI=1S/C13H21N3O2/c1-9(2)16-7-10(14)6-12(16)13(17)15-5-4-11(8-15)18-3/h6-7,9,11H,4-5,8,14H2,1-3H3. The van der Waals surface area contributed by atoms with Gasteiger partial charge < -0.3 is 19.9 Å². The minimum atomic E-state index is 0.0416. The normalized spacial score (nSPS) is 19.8. The van der Waals surface area contributed by atoms with Gasteiger partial charge in [0, 0.05) is 32.4 Å². The van der Waals surface area contributed by atoms with E-state index in [2.05, 4.69) is 0 Å². The topological polar surface area (TPSA) is 60.5 Å². The van der Waals surface area contributed by atoms with E-state index in [1.165, 1.54) is 0 Å². The molecule has 1 aromatic rings. The number of nitrogens with zero attached hydrogens (tertiary/aromatic N) is 2. The first-order valence-electron chi connectivity index (χ1n) is 6.32. The molecule has 1 fully saturated rings. The Kier molecular flexibility index (Phi) is 3.61. The van der Waals surface area contributed by atoms with Crippen LogP contribution in [-0.4, -0.2) is 41.7 Å². The van der Waals surface area contributed by atoms with Crippen LogP contribution < -0.4 is 5.73 Å². The zero-order valence-electron chi connectivity index (χ0n) is 11.2. The number of amides is 1. The predicted octanol–water partition coefficient (Wildman–Crippen LogP) is 1.51. The molecule has 0 aliphatic carbocycles. The number of anilines is 1. The Hall–Kier alpha value is -1.49. The van der Waals surface area contributed by atoms with Gasteiger partial charge in [0.15, 0.2) is 0 Å². The van der Waals surface area contributed by atoms with Crippen LogP contribution in [0.3, 0.4) is 0 Å². The first-order valence-corrected chi connectivity index (χ1v) is 6.32. The van der Waals surface area contributed by atoms with Crippen molar-refractivity contribution in [1.29, 1.82) is 0 Å². The Morgan fingerprint density at radius 3 is 2.83 bits per heavy atom. The third-order valence-electron chi connectivity index (χ3n) is 3.41. The van der Waals surface area contributed by atoms with Gasteiger partial charge in [0.05, 0.1) is 11.8 Å². The van der Waals surface area contributed by atoms with Crippen molar-refractivity contribution < 1.29 is 9.53 Å². The van der Waals surface area contributed by atoms with Crippen LogP contribution in [0.4, 0.5) is 5.69 Å². The maximum atomic E-state index is 12.4. The predicted molar refractivity (Wildman–Crippen MR) is 70.5 cm³/mol. The maximum Gasteiger partial charge on any atom is 0.270 e. The smallest absolute Gasteiger partial charge is 0.270 e. The summed E-state index contributed by atoms with van der Waals surface area (Å²) in [5.74, 6) is 0.0416. The number of methoxy groups -OCH3 is 1. The monoisotopic (exact) mass is 251 g/mol. The molecule has 2 N–H and O–H groups in total. The molecule has 18 heavy (non-hydrogen) atoms. The summed E-state index contributed by atoms with van der Waals surface area (Å²) in [7, 11) is 1.69. The first kappa shape index (κ1) is 13.0. The van der Waals surface area contributed by atoms with Gasteiger partial charge in [0.2, 0.25) is 0 Å². The van der Waals surface area contributed by atoms with Crippen molar-refractivity contribution in [3.8, 4) is 0 Å². The third-order valence-corrected chi connectivity index (χ3v) is 3.41. The molecule has 5 heteroatoms. The number of ether oxygens (including phenoxy) is 1.